The van der Waals surface area contributed by atoms with Crippen molar-refractivity contribution in [1.82, 2.24) is 0 Å². The molecule has 3 rings (SSSR count). The number of anilines is 1. The van der Waals surface area contributed by atoms with Gasteiger partial charge in [-0.05, 0) is 38.5 Å². The van der Waals surface area contributed by atoms with Crippen molar-refractivity contribution in [1.29, 1.82) is 0 Å². The fourth-order valence-electron chi connectivity index (χ4n) is 4.41. The monoisotopic (exact) mass is 373 g/mol. The van der Waals surface area contributed by atoms with E-state index in [1.165, 1.54) is 28.2 Å². The van der Waals surface area contributed by atoms with Crippen molar-refractivity contribution in [2.75, 3.05) is 19.0 Å². The average Bonchev–Trinajstić information content (AvgIpc) is 2.98. The Kier molecular flexibility index (Phi) is 5.34. The molecule has 1 aromatic rings. The maximum absolute atomic E-state index is 2.32. The van der Waals surface area contributed by atoms with Crippen molar-refractivity contribution in [2.24, 2.45) is 5.41 Å². The molecular formula is C26H33N2+. The fourth-order valence-corrected chi connectivity index (χ4v) is 4.41. The maximum Gasteiger partial charge on any atom is 0.191 e. The van der Waals surface area contributed by atoms with E-state index in [4.69, 9.17) is 0 Å². The highest BCUT2D eigenvalue weighted by Crippen LogP contribution is 2.46. The average molecular weight is 374 g/mol. The van der Waals surface area contributed by atoms with Crippen molar-refractivity contribution in [3.63, 3.8) is 0 Å². The zero-order valence-electron chi connectivity index (χ0n) is 18.3. The lowest BCUT2D eigenvalue weighted by atomic mass is 9.81. The minimum Gasteiger partial charge on any atom is -0.347 e. The third-order valence-electron chi connectivity index (χ3n) is 6.10. The summed E-state index contributed by atoms with van der Waals surface area (Å²) in [6, 6.07) is 8.70. The summed E-state index contributed by atoms with van der Waals surface area (Å²) in [4.78, 5) is 2.32. The van der Waals surface area contributed by atoms with Crippen molar-refractivity contribution in [3.05, 3.63) is 89.8 Å². The summed E-state index contributed by atoms with van der Waals surface area (Å²) in [5.74, 6) is 0. The third kappa shape index (κ3) is 3.32. The van der Waals surface area contributed by atoms with E-state index >= 15 is 0 Å². The molecule has 2 heteroatoms. The smallest absolute Gasteiger partial charge is 0.191 e. The number of para-hydroxylation sites is 1. The number of hydrogen-bond donors (Lipinski definition) is 0. The summed E-state index contributed by atoms with van der Waals surface area (Å²) in [6.45, 7) is 11.2. The molecule has 0 atom stereocenters. The van der Waals surface area contributed by atoms with Crippen molar-refractivity contribution in [3.8, 4) is 0 Å². The fraction of sp³-hybridized carbons (Fsp3) is 0.346. The van der Waals surface area contributed by atoms with Crippen LogP contribution in [0.4, 0.5) is 5.69 Å². The van der Waals surface area contributed by atoms with Crippen LogP contribution in [0, 0.1) is 5.41 Å². The summed E-state index contributed by atoms with van der Waals surface area (Å²) in [6.07, 6.45) is 17.4. The van der Waals surface area contributed by atoms with Gasteiger partial charge in [-0.3, -0.25) is 0 Å². The van der Waals surface area contributed by atoms with Gasteiger partial charge in [0.2, 0.25) is 0 Å². The Morgan fingerprint density at radius 2 is 1.64 bits per heavy atom. The first-order valence-electron chi connectivity index (χ1n) is 10.0. The lowest BCUT2D eigenvalue weighted by Gasteiger charge is -2.23. The van der Waals surface area contributed by atoms with Gasteiger partial charge in [-0.2, -0.15) is 0 Å². The first kappa shape index (κ1) is 20.1. The molecule has 2 nitrogen and oxygen atoms in total. The summed E-state index contributed by atoms with van der Waals surface area (Å²) < 4.78 is 2.24. The largest absolute Gasteiger partial charge is 0.347 e. The van der Waals surface area contributed by atoms with E-state index in [-0.39, 0.29) is 10.8 Å². The lowest BCUT2D eigenvalue weighted by molar-refractivity contribution is -0.419. The van der Waals surface area contributed by atoms with Crippen molar-refractivity contribution >= 4 is 11.4 Å². The summed E-state index contributed by atoms with van der Waals surface area (Å²) >= 11 is 0. The predicted octanol–water partition coefficient (Wildman–Crippen LogP) is 5.99. The molecule has 0 aromatic heterocycles. The van der Waals surface area contributed by atoms with E-state index in [0.29, 0.717) is 0 Å². The topological polar surface area (TPSA) is 6.25 Å². The first-order chi connectivity index (χ1) is 13.2. The molecule has 0 amide bonds. The van der Waals surface area contributed by atoms with Gasteiger partial charge in [-0.25, -0.2) is 4.58 Å². The molecule has 0 saturated carbocycles. The van der Waals surface area contributed by atoms with Gasteiger partial charge in [0.05, 0.1) is 5.41 Å². The van der Waals surface area contributed by atoms with Crippen LogP contribution >= 0.6 is 0 Å². The normalized spacial score (nSPS) is 22.3. The van der Waals surface area contributed by atoms with E-state index in [0.717, 1.165) is 0 Å². The molecule has 0 bridgehead atoms. The Hall–Kier alpha value is -2.61. The Balaban J connectivity index is 1.87. The highest BCUT2D eigenvalue weighted by atomic mass is 15.2. The molecule has 28 heavy (non-hydrogen) atoms. The molecule has 2 aliphatic heterocycles. The van der Waals surface area contributed by atoms with Crippen LogP contribution in [-0.4, -0.2) is 24.4 Å². The van der Waals surface area contributed by atoms with E-state index < -0.39 is 0 Å². The first-order valence-corrected chi connectivity index (χ1v) is 10.0. The van der Waals surface area contributed by atoms with Gasteiger partial charge in [0.15, 0.2) is 11.9 Å². The van der Waals surface area contributed by atoms with Gasteiger partial charge in [0.1, 0.15) is 7.05 Å². The summed E-state index contributed by atoms with van der Waals surface area (Å²) in [7, 11) is 4.30. The Morgan fingerprint density at radius 3 is 2.32 bits per heavy atom. The molecule has 0 unspecified atom stereocenters. The quantitative estimate of drug-likeness (QED) is 0.464. The zero-order valence-corrected chi connectivity index (χ0v) is 18.3. The van der Waals surface area contributed by atoms with Crippen LogP contribution < -0.4 is 4.90 Å². The number of fused-ring (bicyclic) bond motifs is 1. The van der Waals surface area contributed by atoms with Gasteiger partial charge in [-0.1, -0.05) is 62.4 Å². The third-order valence-corrected chi connectivity index (χ3v) is 6.10. The summed E-state index contributed by atoms with van der Waals surface area (Å²) in [5.41, 5.74) is 6.65. The van der Waals surface area contributed by atoms with Crippen molar-refractivity contribution < 1.29 is 4.58 Å². The number of benzene rings is 1. The lowest BCUT2D eigenvalue weighted by Crippen LogP contribution is -2.24. The Morgan fingerprint density at radius 1 is 0.929 bits per heavy atom. The maximum atomic E-state index is 2.32. The second-order valence-corrected chi connectivity index (χ2v) is 8.70. The van der Waals surface area contributed by atoms with Crippen LogP contribution in [0.2, 0.25) is 0 Å². The molecular weight excluding hydrogens is 340 g/mol. The van der Waals surface area contributed by atoms with Crippen LogP contribution in [0.15, 0.2) is 84.3 Å². The molecule has 0 aliphatic carbocycles. The summed E-state index contributed by atoms with van der Waals surface area (Å²) in [5, 5.41) is 0. The molecule has 146 valence electrons. The SMILES string of the molecule is C/C=C\C=C/C1=C[N+](C)=C(C=CC=C2N(C)c3ccccc3C2(C)C)C1(C)C. The molecule has 0 saturated heterocycles. The van der Waals surface area contributed by atoms with Gasteiger partial charge in [0, 0.05) is 35.5 Å². The Labute approximate surface area is 170 Å². The molecule has 2 heterocycles. The molecule has 0 radical (unpaired) electrons. The van der Waals surface area contributed by atoms with Gasteiger partial charge in [-0.15, -0.1) is 0 Å². The highest BCUT2D eigenvalue weighted by Gasteiger charge is 2.39. The van der Waals surface area contributed by atoms with Gasteiger partial charge in [0.25, 0.3) is 0 Å². The number of nitrogens with zero attached hydrogens (tertiary/aromatic N) is 2. The molecule has 0 N–H and O–H groups in total. The Bertz CT molecular complexity index is 946. The van der Waals surface area contributed by atoms with Crippen LogP contribution in [0.25, 0.3) is 0 Å². The van der Waals surface area contributed by atoms with Gasteiger partial charge < -0.3 is 4.90 Å². The zero-order chi connectivity index (χ0) is 20.5. The number of rotatable bonds is 4. The van der Waals surface area contributed by atoms with E-state index in [9.17, 15) is 0 Å². The highest BCUT2D eigenvalue weighted by molar-refractivity contribution is 5.99. The van der Waals surface area contributed by atoms with Gasteiger partial charge >= 0.3 is 0 Å². The molecule has 0 fully saturated rings. The molecule has 0 spiro atoms. The van der Waals surface area contributed by atoms with Crippen LogP contribution in [0.5, 0.6) is 0 Å². The van der Waals surface area contributed by atoms with Crippen LogP contribution in [-0.2, 0) is 5.41 Å². The molecule has 2 aliphatic rings. The van der Waals surface area contributed by atoms with Crippen LogP contribution in [0.1, 0.15) is 40.2 Å². The molecule has 1 aromatic carbocycles. The second kappa shape index (κ2) is 7.43. The number of likely N-dealkylation sites (N-methyl/N-ethyl adjacent to an activating group) is 1. The van der Waals surface area contributed by atoms with E-state index in [2.05, 4.69) is 124 Å². The minimum absolute atomic E-state index is 0.0100. The number of allylic oxidation sites excluding steroid dienone is 9. The minimum atomic E-state index is -0.0120. The van der Waals surface area contributed by atoms with E-state index in [1.54, 1.807) is 0 Å². The standard InChI is InChI=1S/C26H33N2/c1-8-9-10-14-20-19-27(6)23(25(20,2)3)17-13-18-24-26(4,5)21-15-11-12-16-22(21)28(24)7/h8-19H,1-7H3/q+1/b9-8-,14-10-. The second-order valence-electron chi connectivity index (χ2n) is 8.70. The van der Waals surface area contributed by atoms with E-state index in [1.807, 2.05) is 6.92 Å². The van der Waals surface area contributed by atoms with Crippen LogP contribution in [0.3, 0.4) is 0 Å². The predicted molar refractivity (Wildman–Crippen MR) is 122 cm³/mol. The number of hydrogen-bond acceptors (Lipinski definition) is 1. The van der Waals surface area contributed by atoms with Crippen molar-refractivity contribution in [2.45, 2.75) is 40.0 Å².